The lowest BCUT2D eigenvalue weighted by Crippen LogP contribution is -2.17. The van der Waals surface area contributed by atoms with E-state index >= 15 is 0 Å². The normalized spacial score (nSPS) is 12.3. The van der Waals surface area contributed by atoms with Gasteiger partial charge in [0.25, 0.3) is 0 Å². The van der Waals surface area contributed by atoms with Gasteiger partial charge >= 0.3 is 6.36 Å². The molecule has 0 atom stereocenters. The van der Waals surface area contributed by atoms with Crippen molar-refractivity contribution in [3.63, 3.8) is 0 Å². The summed E-state index contributed by atoms with van der Waals surface area (Å²) in [7, 11) is 0. The average molecular weight is 430 g/mol. The van der Waals surface area contributed by atoms with E-state index in [4.69, 9.17) is 11.6 Å². The average Bonchev–Trinajstić information content (AvgIpc) is 2.99. The van der Waals surface area contributed by atoms with Crippen LogP contribution in [0.3, 0.4) is 0 Å². The van der Waals surface area contributed by atoms with Crippen LogP contribution < -0.4 is 4.74 Å². The summed E-state index contributed by atoms with van der Waals surface area (Å²) in [5, 5.41) is 4.50. The molecule has 3 rings (SSSR count). The van der Waals surface area contributed by atoms with E-state index in [9.17, 15) is 22.0 Å². The molecule has 4 nitrogen and oxygen atoms in total. The number of aryl methyl sites for hydroxylation is 1. The Balaban J connectivity index is 1.79. The van der Waals surface area contributed by atoms with Crippen LogP contribution in [0.5, 0.6) is 5.75 Å². The number of halogens is 6. The Morgan fingerprint density at radius 2 is 1.97 bits per heavy atom. The van der Waals surface area contributed by atoms with Gasteiger partial charge in [-0.1, -0.05) is 23.7 Å². The van der Waals surface area contributed by atoms with Gasteiger partial charge in [0.1, 0.15) is 10.8 Å². The molecule has 0 fully saturated rings. The second-order valence-corrected chi connectivity index (χ2v) is 6.43. The summed E-state index contributed by atoms with van der Waals surface area (Å²) in [6.07, 6.45) is -2.48. The van der Waals surface area contributed by atoms with Crippen molar-refractivity contribution in [1.82, 2.24) is 14.8 Å². The molecule has 0 radical (unpaired) electrons. The van der Waals surface area contributed by atoms with E-state index in [-0.39, 0.29) is 11.3 Å². The number of aromatic nitrogens is 3. The highest BCUT2D eigenvalue weighted by Gasteiger charge is 2.32. The van der Waals surface area contributed by atoms with Crippen LogP contribution in [-0.2, 0) is 6.54 Å². The number of pyridine rings is 1. The van der Waals surface area contributed by atoms with Gasteiger partial charge in [-0.25, -0.2) is 13.8 Å². The fourth-order valence-electron chi connectivity index (χ4n) is 2.49. The summed E-state index contributed by atoms with van der Waals surface area (Å²) >= 11 is 5.74. The quantitative estimate of drug-likeness (QED) is 0.380. The Hall–Kier alpha value is -2.94. The number of nitrogens with zero attached hydrogens (tertiary/aromatic N) is 3. The molecule has 3 aromatic rings. The standard InChI is InChI=1S/C19H13ClF5N3O/c1-11-6-16(27-28(11)10-13-3-5-18(20)26-9-13)14(21)7-12-2-4-17(15(22)8-12)29-19(23,24)25/h2-9H,10H2,1H3. The SMILES string of the molecule is Cc1cc(C(F)=Cc2ccc(OC(F)(F)F)c(F)c2)nn1Cc1ccc(Cl)nc1. The Bertz CT molecular complexity index is 1040. The summed E-state index contributed by atoms with van der Waals surface area (Å²) in [6, 6.07) is 7.50. The van der Waals surface area contributed by atoms with Gasteiger partial charge in [-0.3, -0.25) is 4.68 Å². The lowest BCUT2D eigenvalue weighted by molar-refractivity contribution is -0.275. The number of rotatable bonds is 5. The second-order valence-electron chi connectivity index (χ2n) is 6.05. The molecule has 0 aliphatic carbocycles. The highest BCUT2D eigenvalue weighted by atomic mass is 35.5. The third-order valence-electron chi connectivity index (χ3n) is 3.82. The summed E-state index contributed by atoms with van der Waals surface area (Å²) in [6.45, 7) is 2.07. The van der Waals surface area contributed by atoms with E-state index in [1.807, 2.05) is 0 Å². The van der Waals surface area contributed by atoms with E-state index in [0.717, 1.165) is 29.8 Å². The first-order valence-electron chi connectivity index (χ1n) is 8.18. The van der Waals surface area contributed by atoms with Crippen LogP contribution in [0.15, 0.2) is 42.6 Å². The number of ether oxygens (including phenoxy) is 1. The van der Waals surface area contributed by atoms with Crippen molar-refractivity contribution in [3.05, 3.63) is 76.1 Å². The van der Waals surface area contributed by atoms with Crippen molar-refractivity contribution in [1.29, 1.82) is 0 Å². The van der Waals surface area contributed by atoms with E-state index in [1.165, 1.54) is 6.07 Å². The van der Waals surface area contributed by atoms with Crippen molar-refractivity contribution >= 4 is 23.5 Å². The van der Waals surface area contributed by atoms with Gasteiger partial charge in [0.15, 0.2) is 17.4 Å². The number of hydrogen-bond acceptors (Lipinski definition) is 3. The minimum absolute atomic E-state index is 0.000416. The van der Waals surface area contributed by atoms with Crippen molar-refractivity contribution < 1.29 is 26.7 Å². The molecular weight excluding hydrogens is 417 g/mol. The lowest BCUT2D eigenvalue weighted by atomic mass is 10.1. The maximum absolute atomic E-state index is 14.5. The van der Waals surface area contributed by atoms with E-state index in [2.05, 4.69) is 14.8 Å². The van der Waals surface area contributed by atoms with Crippen LogP contribution in [-0.4, -0.2) is 21.1 Å². The molecule has 0 saturated carbocycles. The highest BCUT2D eigenvalue weighted by molar-refractivity contribution is 6.29. The number of hydrogen-bond donors (Lipinski definition) is 0. The van der Waals surface area contributed by atoms with Crippen LogP contribution >= 0.6 is 11.6 Å². The third kappa shape index (κ3) is 5.54. The van der Waals surface area contributed by atoms with Crippen LogP contribution in [0.2, 0.25) is 5.15 Å². The van der Waals surface area contributed by atoms with Crippen LogP contribution in [0.1, 0.15) is 22.5 Å². The van der Waals surface area contributed by atoms with E-state index in [0.29, 0.717) is 17.4 Å². The molecular formula is C19H13ClF5N3O. The summed E-state index contributed by atoms with van der Waals surface area (Å²) < 4.78 is 69.9. The Morgan fingerprint density at radius 3 is 2.59 bits per heavy atom. The molecule has 0 unspecified atom stereocenters. The topological polar surface area (TPSA) is 39.9 Å². The van der Waals surface area contributed by atoms with Crippen molar-refractivity contribution in [2.45, 2.75) is 19.8 Å². The first kappa shape index (κ1) is 20.8. The molecule has 0 aliphatic rings. The van der Waals surface area contributed by atoms with Gasteiger partial charge < -0.3 is 4.74 Å². The van der Waals surface area contributed by atoms with Crippen LogP contribution in [0.4, 0.5) is 22.0 Å². The van der Waals surface area contributed by atoms with E-state index in [1.54, 1.807) is 29.9 Å². The van der Waals surface area contributed by atoms with Crippen molar-refractivity contribution in [3.8, 4) is 5.75 Å². The molecule has 0 N–H and O–H groups in total. The van der Waals surface area contributed by atoms with E-state index < -0.39 is 23.8 Å². The van der Waals surface area contributed by atoms with Crippen LogP contribution in [0, 0.1) is 12.7 Å². The van der Waals surface area contributed by atoms with Crippen molar-refractivity contribution in [2.75, 3.05) is 0 Å². The molecule has 10 heteroatoms. The molecule has 1 aromatic carbocycles. The Labute approximate surface area is 167 Å². The first-order chi connectivity index (χ1) is 13.6. The molecule has 0 amide bonds. The van der Waals surface area contributed by atoms with Gasteiger partial charge in [0, 0.05) is 11.9 Å². The molecule has 29 heavy (non-hydrogen) atoms. The molecule has 0 aliphatic heterocycles. The first-order valence-corrected chi connectivity index (χ1v) is 8.56. The largest absolute Gasteiger partial charge is 0.573 e. The predicted molar refractivity (Wildman–Crippen MR) is 97.4 cm³/mol. The highest BCUT2D eigenvalue weighted by Crippen LogP contribution is 2.28. The third-order valence-corrected chi connectivity index (χ3v) is 4.05. The predicted octanol–water partition coefficient (Wildman–Crippen LogP) is 5.79. The number of alkyl halides is 3. The minimum Gasteiger partial charge on any atom is -0.403 e. The fourth-order valence-corrected chi connectivity index (χ4v) is 2.61. The molecule has 0 spiro atoms. The lowest BCUT2D eigenvalue weighted by Gasteiger charge is -2.09. The Morgan fingerprint density at radius 1 is 1.21 bits per heavy atom. The maximum atomic E-state index is 14.5. The summed E-state index contributed by atoms with van der Waals surface area (Å²) in [4.78, 5) is 3.96. The minimum atomic E-state index is -5.02. The van der Waals surface area contributed by atoms with Gasteiger partial charge in [0.05, 0.1) is 6.54 Å². The summed E-state index contributed by atoms with van der Waals surface area (Å²) in [5.41, 5.74) is 1.49. The zero-order valence-corrected chi connectivity index (χ0v) is 15.6. The molecule has 2 heterocycles. The smallest absolute Gasteiger partial charge is 0.403 e. The van der Waals surface area contributed by atoms with Crippen molar-refractivity contribution in [2.24, 2.45) is 0 Å². The van der Waals surface area contributed by atoms with Gasteiger partial charge in [-0.15, -0.1) is 13.2 Å². The zero-order valence-electron chi connectivity index (χ0n) is 14.8. The zero-order chi connectivity index (χ0) is 21.2. The summed E-state index contributed by atoms with van der Waals surface area (Å²) in [5.74, 6) is -3.03. The second kappa shape index (κ2) is 8.20. The monoisotopic (exact) mass is 429 g/mol. The van der Waals surface area contributed by atoms with Crippen LogP contribution in [0.25, 0.3) is 11.9 Å². The maximum Gasteiger partial charge on any atom is 0.573 e. The molecule has 2 aromatic heterocycles. The van der Waals surface area contributed by atoms with Gasteiger partial charge in [-0.2, -0.15) is 5.10 Å². The number of benzene rings is 1. The van der Waals surface area contributed by atoms with Gasteiger partial charge in [0.2, 0.25) is 0 Å². The molecule has 0 saturated heterocycles. The van der Waals surface area contributed by atoms with Gasteiger partial charge in [-0.05, 0) is 48.4 Å². The fraction of sp³-hybridized carbons (Fsp3) is 0.158. The molecule has 152 valence electrons. The molecule has 0 bridgehead atoms. The Kier molecular flexibility index (Phi) is 5.88.